The number of benzene rings is 3. The Morgan fingerprint density at radius 2 is 1.48 bits per heavy atom. The summed E-state index contributed by atoms with van der Waals surface area (Å²) < 4.78 is 0. The fourth-order valence-electron chi connectivity index (χ4n) is 3.56. The van der Waals surface area contributed by atoms with Gasteiger partial charge >= 0.3 is 6.03 Å². The fraction of sp³-hybridized carbons (Fsp3) is 0.120. The van der Waals surface area contributed by atoms with Gasteiger partial charge in [0.25, 0.3) is 17.7 Å². The molecule has 0 spiro atoms. The van der Waals surface area contributed by atoms with Crippen LogP contribution in [0.25, 0.3) is 0 Å². The molecule has 0 radical (unpaired) electrons. The minimum absolute atomic E-state index is 0.220. The van der Waals surface area contributed by atoms with Gasteiger partial charge in [-0.05, 0) is 60.5 Å². The third kappa shape index (κ3) is 4.74. The molecule has 1 heterocycles. The van der Waals surface area contributed by atoms with E-state index in [1.807, 2.05) is 31.2 Å². The molecule has 0 saturated heterocycles. The zero-order chi connectivity index (χ0) is 23.5. The first-order chi connectivity index (χ1) is 15.8. The summed E-state index contributed by atoms with van der Waals surface area (Å²) in [7, 11) is 1.41. The molecule has 8 heteroatoms. The summed E-state index contributed by atoms with van der Waals surface area (Å²) in [6, 6.07) is 18.7. The van der Waals surface area contributed by atoms with Crippen LogP contribution in [-0.2, 0) is 6.54 Å². The Labute approximate surface area is 190 Å². The van der Waals surface area contributed by atoms with Crippen molar-refractivity contribution in [1.29, 1.82) is 0 Å². The van der Waals surface area contributed by atoms with Gasteiger partial charge in [-0.1, -0.05) is 24.3 Å². The minimum atomic E-state index is -0.424. The highest BCUT2D eigenvalue weighted by molar-refractivity contribution is 6.21. The predicted molar refractivity (Wildman–Crippen MR) is 124 cm³/mol. The van der Waals surface area contributed by atoms with Gasteiger partial charge in [-0.15, -0.1) is 0 Å². The topological polar surface area (TPSA) is 108 Å². The van der Waals surface area contributed by atoms with Crippen LogP contribution >= 0.6 is 0 Å². The summed E-state index contributed by atoms with van der Waals surface area (Å²) >= 11 is 0. The Balaban J connectivity index is 1.37. The quantitative estimate of drug-likeness (QED) is 0.523. The van der Waals surface area contributed by atoms with Crippen molar-refractivity contribution in [3.63, 3.8) is 0 Å². The van der Waals surface area contributed by atoms with Crippen molar-refractivity contribution >= 4 is 35.1 Å². The van der Waals surface area contributed by atoms with E-state index >= 15 is 0 Å². The summed E-state index contributed by atoms with van der Waals surface area (Å²) in [5.41, 5.74) is 3.90. The summed E-state index contributed by atoms with van der Waals surface area (Å²) in [6.45, 7) is 2.16. The second kappa shape index (κ2) is 8.96. The summed E-state index contributed by atoms with van der Waals surface area (Å²) in [5.74, 6) is -1.17. The Morgan fingerprint density at radius 3 is 2.21 bits per heavy atom. The molecular weight excluding hydrogens is 420 g/mol. The van der Waals surface area contributed by atoms with Gasteiger partial charge in [-0.25, -0.2) is 4.79 Å². The van der Waals surface area contributed by atoms with E-state index in [1.54, 1.807) is 24.3 Å². The Bertz CT molecular complexity index is 1280. The van der Waals surface area contributed by atoms with Crippen LogP contribution in [0.1, 0.15) is 42.2 Å². The van der Waals surface area contributed by atoms with Crippen LogP contribution in [0.2, 0.25) is 0 Å². The molecule has 0 fully saturated rings. The van der Waals surface area contributed by atoms with Crippen LogP contribution in [0, 0.1) is 6.92 Å². The standard InChI is InChI=1S/C25H22N4O4/c1-15-5-3-7-18(11-15)27-25(33)28-19-8-4-6-16(12-19)14-26-22(30)17-9-10-20-21(13-17)24(32)29(2)23(20)31/h3-13H,14H2,1-2H3,(H,26,30)(H2,27,28,33). The van der Waals surface area contributed by atoms with E-state index < -0.39 is 5.91 Å². The van der Waals surface area contributed by atoms with Crippen LogP contribution in [0.5, 0.6) is 0 Å². The van der Waals surface area contributed by atoms with Gasteiger partial charge in [0.2, 0.25) is 0 Å². The smallest absolute Gasteiger partial charge is 0.323 e. The third-order valence-electron chi connectivity index (χ3n) is 5.27. The van der Waals surface area contributed by atoms with E-state index in [2.05, 4.69) is 16.0 Å². The number of aryl methyl sites for hydroxylation is 1. The average molecular weight is 442 g/mol. The van der Waals surface area contributed by atoms with Gasteiger partial charge in [0.15, 0.2) is 0 Å². The highest BCUT2D eigenvalue weighted by Gasteiger charge is 2.33. The maximum atomic E-state index is 12.6. The maximum Gasteiger partial charge on any atom is 0.323 e. The largest absolute Gasteiger partial charge is 0.348 e. The normalized spacial score (nSPS) is 12.4. The van der Waals surface area contributed by atoms with Crippen LogP contribution < -0.4 is 16.0 Å². The molecule has 0 unspecified atom stereocenters. The van der Waals surface area contributed by atoms with Gasteiger partial charge in [-0.2, -0.15) is 0 Å². The molecule has 0 atom stereocenters. The molecule has 5 amide bonds. The highest BCUT2D eigenvalue weighted by atomic mass is 16.2. The molecule has 33 heavy (non-hydrogen) atoms. The average Bonchev–Trinajstić information content (AvgIpc) is 3.01. The van der Waals surface area contributed by atoms with Crippen LogP contribution in [0.4, 0.5) is 16.2 Å². The lowest BCUT2D eigenvalue weighted by molar-refractivity contribution is 0.0693. The Kier molecular flexibility index (Phi) is 5.91. The van der Waals surface area contributed by atoms with E-state index in [1.165, 1.54) is 25.2 Å². The molecule has 3 aromatic rings. The molecule has 0 saturated carbocycles. The van der Waals surface area contributed by atoms with Crippen LogP contribution in [0.15, 0.2) is 66.7 Å². The SMILES string of the molecule is Cc1cccc(NC(=O)Nc2cccc(CNC(=O)c3ccc4c(c3)C(=O)N(C)C4=O)c2)c1. The van der Waals surface area contributed by atoms with Gasteiger partial charge < -0.3 is 16.0 Å². The molecule has 0 aliphatic carbocycles. The number of carbonyl (C=O) groups excluding carboxylic acids is 4. The molecule has 166 valence electrons. The number of nitrogens with zero attached hydrogens (tertiary/aromatic N) is 1. The number of rotatable bonds is 5. The minimum Gasteiger partial charge on any atom is -0.348 e. The first-order valence-corrected chi connectivity index (χ1v) is 10.3. The van der Waals surface area contributed by atoms with E-state index in [0.29, 0.717) is 16.9 Å². The number of amides is 5. The van der Waals surface area contributed by atoms with Crippen LogP contribution in [0.3, 0.4) is 0 Å². The molecule has 1 aliphatic heterocycles. The van der Waals surface area contributed by atoms with Gasteiger partial charge in [-0.3, -0.25) is 19.3 Å². The monoisotopic (exact) mass is 442 g/mol. The van der Waals surface area contributed by atoms with Gasteiger partial charge in [0, 0.05) is 30.5 Å². The van der Waals surface area contributed by atoms with Crippen molar-refractivity contribution in [2.24, 2.45) is 0 Å². The maximum absolute atomic E-state index is 12.6. The van der Waals surface area contributed by atoms with Crippen molar-refractivity contribution < 1.29 is 19.2 Å². The van der Waals surface area contributed by atoms with Gasteiger partial charge in [0.05, 0.1) is 11.1 Å². The number of nitrogens with one attached hydrogen (secondary N) is 3. The molecule has 0 aromatic heterocycles. The lowest BCUT2D eigenvalue weighted by Crippen LogP contribution is -2.24. The second-order valence-electron chi connectivity index (χ2n) is 7.76. The number of anilines is 2. The lowest BCUT2D eigenvalue weighted by atomic mass is 10.1. The number of imide groups is 1. The lowest BCUT2D eigenvalue weighted by Gasteiger charge is -2.10. The van der Waals surface area contributed by atoms with Crippen molar-refractivity contribution in [3.8, 4) is 0 Å². The first kappa shape index (κ1) is 21.8. The molecule has 8 nitrogen and oxygen atoms in total. The van der Waals surface area contributed by atoms with Gasteiger partial charge in [0.1, 0.15) is 0 Å². The second-order valence-corrected chi connectivity index (χ2v) is 7.76. The van der Waals surface area contributed by atoms with Crippen molar-refractivity contribution in [3.05, 3.63) is 94.5 Å². The number of hydrogen-bond acceptors (Lipinski definition) is 4. The third-order valence-corrected chi connectivity index (χ3v) is 5.27. The van der Waals surface area contributed by atoms with E-state index in [-0.39, 0.29) is 35.5 Å². The molecule has 1 aliphatic rings. The summed E-state index contributed by atoms with van der Waals surface area (Å²) in [4.78, 5) is 50.0. The van der Waals surface area contributed by atoms with E-state index in [0.717, 1.165) is 16.0 Å². The predicted octanol–water partition coefficient (Wildman–Crippen LogP) is 3.79. The Hall–Kier alpha value is -4.46. The van der Waals surface area contributed by atoms with Crippen molar-refractivity contribution in [1.82, 2.24) is 10.2 Å². The molecule has 0 bridgehead atoms. The summed E-state index contributed by atoms with van der Waals surface area (Å²) in [6.07, 6.45) is 0. The summed E-state index contributed by atoms with van der Waals surface area (Å²) in [5, 5.41) is 8.35. The fourth-order valence-corrected chi connectivity index (χ4v) is 3.56. The number of fused-ring (bicyclic) bond motifs is 1. The van der Waals surface area contributed by atoms with E-state index in [4.69, 9.17) is 0 Å². The van der Waals surface area contributed by atoms with Crippen LogP contribution in [-0.4, -0.2) is 35.7 Å². The number of carbonyl (C=O) groups is 4. The molecule has 3 aromatic carbocycles. The van der Waals surface area contributed by atoms with E-state index in [9.17, 15) is 19.2 Å². The highest BCUT2D eigenvalue weighted by Crippen LogP contribution is 2.23. The molecule has 4 rings (SSSR count). The zero-order valence-electron chi connectivity index (χ0n) is 18.1. The molecule has 3 N–H and O–H groups in total. The first-order valence-electron chi connectivity index (χ1n) is 10.3. The zero-order valence-corrected chi connectivity index (χ0v) is 18.1. The number of hydrogen-bond donors (Lipinski definition) is 3. The molecular formula is C25H22N4O4. The van der Waals surface area contributed by atoms with Crippen molar-refractivity contribution in [2.75, 3.05) is 17.7 Å². The van der Waals surface area contributed by atoms with Crippen molar-refractivity contribution in [2.45, 2.75) is 13.5 Å². The number of urea groups is 1. The Morgan fingerprint density at radius 1 is 0.818 bits per heavy atom.